The quantitative estimate of drug-likeness (QED) is 0.770. The molecule has 0 unspecified atom stereocenters. The number of hydrogen-bond acceptors (Lipinski definition) is 5. The number of aromatic nitrogens is 2. The predicted octanol–water partition coefficient (Wildman–Crippen LogP) is 3.34. The van der Waals surface area contributed by atoms with Gasteiger partial charge in [0.2, 0.25) is 0 Å². The van der Waals surface area contributed by atoms with Gasteiger partial charge in [-0.2, -0.15) is 13.2 Å². The van der Waals surface area contributed by atoms with Gasteiger partial charge >= 0.3 is 6.18 Å². The number of nitrogens with zero attached hydrogens (tertiary/aromatic N) is 3. The summed E-state index contributed by atoms with van der Waals surface area (Å²) >= 11 is 0. The number of halogens is 3. The first-order chi connectivity index (χ1) is 14.3. The molecule has 2 N–H and O–H groups in total. The van der Waals surface area contributed by atoms with Gasteiger partial charge in [0, 0.05) is 56.9 Å². The monoisotopic (exact) mass is 425 g/mol. The third-order valence-corrected chi connectivity index (χ3v) is 5.97. The average Bonchev–Trinajstić information content (AvgIpc) is 3.14. The van der Waals surface area contributed by atoms with E-state index in [4.69, 9.17) is 4.74 Å². The summed E-state index contributed by atoms with van der Waals surface area (Å²) in [6, 6.07) is 1.32. The van der Waals surface area contributed by atoms with Gasteiger partial charge in [0.25, 0.3) is 0 Å². The number of pyridine rings is 1. The zero-order chi connectivity index (χ0) is 21.3. The normalized spacial score (nSPS) is 22.1. The molecular weight excluding hydrogens is 395 g/mol. The highest BCUT2D eigenvalue weighted by Crippen LogP contribution is 2.34. The number of alkyl halides is 3. The van der Waals surface area contributed by atoms with Crippen molar-refractivity contribution in [3.8, 4) is 0 Å². The van der Waals surface area contributed by atoms with E-state index in [1.807, 2.05) is 13.8 Å². The molecule has 166 valence electrons. The Bertz CT molecular complexity index is 852. The van der Waals surface area contributed by atoms with Gasteiger partial charge in [-0.25, -0.2) is 4.98 Å². The van der Waals surface area contributed by atoms with Crippen molar-refractivity contribution in [2.75, 3.05) is 44.6 Å². The van der Waals surface area contributed by atoms with Gasteiger partial charge < -0.3 is 24.7 Å². The van der Waals surface area contributed by atoms with Crippen LogP contribution in [0.3, 0.4) is 0 Å². The van der Waals surface area contributed by atoms with Crippen molar-refractivity contribution < 1.29 is 17.9 Å². The zero-order valence-electron chi connectivity index (χ0n) is 17.5. The number of rotatable bonds is 5. The lowest BCUT2D eigenvalue weighted by Gasteiger charge is -2.36. The molecule has 9 heteroatoms. The van der Waals surface area contributed by atoms with Crippen LogP contribution in [0.5, 0.6) is 0 Å². The SMILES string of the molecule is CC(C)c1cnc2c(NC3CCN(C[C@@H]4CNCCO4)CC3)cc(C(F)(F)F)cn12. The van der Waals surface area contributed by atoms with Crippen molar-refractivity contribution >= 4 is 11.3 Å². The van der Waals surface area contributed by atoms with E-state index in [1.54, 1.807) is 10.6 Å². The van der Waals surface area contributed by atoms with Crippen LogP contribution in [-0.2, 0) is 10.9 Å². The molecule has 4 heterocycles. The summed E-state index contributed by atoms with van der Waals surface area (Å²) in [6.45, 7) is 9.13. The Morgan fingerprint density at radius 1 is 1.30 bits per heavy atom. The highest BCUT2D eigenvalue weighted by molar-refractivity contribution is 5.69. The molecule has 0 amide bonds. The van der Waals surface area contributed by atoms with Gasteiger partial charge in [-0.15, -0.1) is 0 Å². The highest BCUT2D eigenvalue weighted by Gasteiger charge is 2.33. The Kier molecular flexibility index (Phi) is 6.22. The summed E-state index contributed by atoms with van der Waals surface area (Å²) < 4.78 is 47.9. The van der Waals surface area contributed by atoms with Crippen LogP contribution in [0.4, 0.5) is 18.9 Å². The maximum atomic E-state index is 13.5. The molecule has 1 atom stereocenters. The molecule has 0 aromatic carbocycles. The van der Waals surface area contributed by atoms with Gasteiger partial charge in [0.05, 0.1) is 24.0 Å². The maximum Gasteiger partial charge on any atom is 0.417 e. The van der Waals surface area contributed by atoms with Gasteiger partial charge in [-0.1, -0.05) is 13.8 Å². The van der Waals surface area contributed by atoms with E-state index >= 15 is 0 Å². The topological polar surface area (TPSA) is 53.8 Å². The first kappa shape index (κ1) is 21.4. The number of nitrogens with one attached hydrogen (secondary N) is 2. The largest absolute Gasteiger partial charge is 0.417 e. The van der Waals surface area contributed by atoms with Crippen LogP contribution in [0.15, 0.2) is 18.5 Å². The molecular formula is C21H30F3N5O. The molecule has 0 radical (unpaired) electrons. The summed E-state index contributed by atoms with van der Waals surface area (Å²) in [5, 5.41) is 6.70. The number of fused-ring (bicyclic) bond motifs is 1. The summed E-state index contributed by atoms with van der Waals surface area (Å²) in [6.07, 6.45) is 0.391. The third-order valence-electron chi connectivity index (χ3n) is 5.97. The molecule has 2 aliphatic rings. The second kappa shape index (κ2) is 8.72. The van der Waals surface area contributed by atoms with Crippen molar-refractivity contribution in [2.24, 2.45) is 0 Å². The first-order valence-corrected chi connectivity index (χ1v) is 10.7. The van der Waals surface area contributed by atoms with Gasteiger partial charge in [-0.05, 0) is 24.8 Å². The van der Waals surface area contributed by atoms with Crippen molar-refractivity contribution in [3.63, 3.8) is 0 Å². The van der Waals surface area contributed by atoms with E-state index < -0.39 is 11.7 Å². The number of anilines is 1. The van der Waals surface area contributed by atoms with Gasteiger partial charge in [0.15, 0.2) is 5.65 Å². The van der Waals surface area contributed by atoms with E-state index in [2.05, 4.69) is 20.5 Å². The van der Waals surface area contributed by atoms with Crippen LogP contribution >= 0.6 is 0 Å². The van der Waals surface area contributed by atoms with E-state index in [9.17, 15) is 13.2 Å². The van der Waals surface area contributed by atoms with Crippen LogP contribution in [0.2, 0.25) is 0 Å². The molecule has 0 saturated carbocycles. The molecule has 0 spiro atoms. The fraction of sp³-hybridized carbons (Fsp3) is 0.667. The van der Waals surface area contributed by atoms with Crippen molar-refractivity contribution in [2.45, 2.75) is 50.9 Å². The maximum absolute atomic E-state index is 13.5. The molecule has 4 rings (SSSR count). The van der Waals surface area contributed by atoms with Crippen molar-refractivity contribution in [1.29, 1.82) is 0 Å². The Balaban J connectivity index is 1.47. The van der Waals surface area contributed by atoms with E-state index in [1.165, 1.54) is 6.07 Å². The second-order valence-corrected chi connectivity index (χ2v) is 8.59. The standard InChI is InChI=1S/C21H30F3N5O/c1-14(2)19-11-26-20-18(9-15(12-29(19)20)21(22,23)24)27-16-3-6-28(7-4-16)13-17-10-25-5-8-30-17/h9,11-12,14,16-17,25,27H,3-8,10,13H2,1-2H3/t17-/m0/s1. The Hall–Kier alpha value is -1.84. The Labute approximate surface area is 174 Å². The zero-order valence-corrected chi connectivity index (χ0v) is 17.5. The molecule has 2 aromatic rings. The lowest BCUT2D eigenvalue weighted by molar-refractivity contribution is -0.137. The molecule has 2 saturated heterocycles. The minimum atomic E-state index is -4.40. The Morgan fingerprint density at radius 2 is 2.07 bits per heavy atom. The Morgan fingerprint density at radius 3 is 2.70 bits per heavy atom. The molecule has 30 heavy (non-hydrogen) atoms. The van der Waals surface area contributed by atoms with Crippen molar-refractivity contribution in [1.82, 2.24) is 19.6 Å². The highest BCUT2D eigenvalue weighted by atomic mass is 19.4. The molecule has 0 aliphatic carbocycles. The first-order valence-electron chi connectivity index (χ1n) is 10.7. The fourth-order valence-corrected chi connectivity index (χ4v) is 4.30. The summed E-state index contributed by atoms with van der Waals surface area (Å²) in [5.74, 6) is 0.0797. The molecule has 0 bridgehead atoms. The van der Waals surface area contributed by atoms with E-state index in [0.717, 1.165) is 64.1 Å². The fourth-order valence-electron chi connectivity index (χ4n) is 4.30. The van der Waals surface area contributed by atoms with Crippen LogP contribution in [0, 0.1) is 0 Å². The van der Waals surface area contributed by atoms with Crippen LogP contribution in [0.1, 0.15) is 43.9 Å². The molecule has 2 fully saturated rings. The minimum absolute atomic E-state index is 0.0797. The molecule has 6 nitrogen and oxygen atoms in total. The second-order valence-electron chi connectivity index (χ2n) is 8.59. The third kappa shape index (κ3) is 4.73. The smallest absolute Gasteiger partial charge is 0.379 e. The number of hydrogen-bond donors (Lipinski definition) is 2. The van der Waals surface area contributed by atoms with Crippen LogP contribution in [-0.4, -0.2) is 65.8 Å². The van der Waals surface area contributed by atoms with E-state index in [-0.39, 0.29) is 18.1 Å². The van der Waals surface area contributed by atoms with Gasteiger partial charge in [0.1, 0.15) is 0 Å². The van der Waals surface area contributed by atoms with Crippen LogP contribution < -0.4 is 10.6 Å². The number of ether oxygens (including phenoxy) is 1. The summed E-state index contributed by atoms with van der Waals surface area (Å²) in [7, 11) is 0. The summed E-state index contributed by atoms with van der Waals surface area (Å²) in [4.78, 5) is 6.80. The lowest BCUT2D eigenvalue weighted by Crippen LogP contribution is -2.48. The van der Waals surface area contributed by atoms with E-state index in [0.29, 0.717) is 11.3 Å². The van der Waals surface area contributed by atoms with Gasteiger partial charge in [-0.3, -0.25) is 0 Å². The predicted molar refractivity (Wildman–Crippen MR) is 110 cm³/mol. The number of likely N-dealkylation sites (tertiary alicyclic amines) is 1. The number of morpholine rings is 1. The molecule has 2 aromatic heterocycles. The van der Waals surface area contributed by atoms with Crippen LogP contribution in [0.25, 0.3) is 5.65 Å². The average molecular weight is 425 g/mol. The summed E-state index contributed by atoms with van der Waals surface area (Å²) in [5.41, 5.74) is 1.12. The lowest BCUT2D eigenvalue weighted by atomic mass is 10.0. The minimum Gasteiger partial charge on any atom is -0.379 e. The number of piperidine rings is 1. The van der Waals surface area contributed by atoms with Crippen molar-refractivity contribution in [3.05, 3.63) is 29.7 Å². The molecule has 2 aliphatic heterocycles. The number of imidazole rings is 1.